The molecule has 0 heterocycles. The zero-order chi connectivity index (χ0) is 9.61. The van der Waals surface area contributed by atoms with E-state index in [9.17, 15) is 10.1 Å². The molecule has 0 aliphatic heterocycles. The maximum atomic E-state index is 10.4. The van der Waals surface area contributed by atoms with E-state index in [0.717, 1.165) is 19.3 Å². The summed E-state index contributed by atoms with van der Waals surface area (Å²) in [5.74, 6) is 0. The molecule has 5 heteroatoms. The van der Waals surface area contributed by atoms with Gasteiger partial charge in [0.1, 0.15) is 5.54 Å². The first kappa shape index (κ1) is 12.6. The van der Waals surface area contributed by atoms with Crippen molar-refractivity contribution in [1.29, 1.82) is 0 Å². The van der Waals surface area contributed by atoms with Gasteiger partial charge in [-0.1, -0.05) is 6.42 Å². The van der Waals surface area contributed by atoms with Gasteiger partial charge >= 0.3 is 33.1 Å². The number of rotatable bonds is 1. The van der Waals surface area contributed by atoms with Crippen molar-refractivity contribution in [3.63, 3.8) is 0 Å². The van der Waals surface area contributed by atoms with E-state index in [1.54, 1.807) is 0 Å². The third-order valence-electron chi connectivity index (χ3n) is 2.17. The van der Waals surface area contributed by atoms with Crippen molar-refractivity contribution in [3.8, 4) is 0 Å². The van der Waals surface area contributed by atoms with Crippen LogP contribution in [-0.4, -0.2) is 10.5 Å². The van der Waals surface area contributed by atoms with Gasteiger partial charge in [0.25, 0.3) is 0 Å². The number of nitrogens with zero attached hydrogens (tertiary/aromatic N) is 1. The van der Waals surface area contributed by atoms with Gasteiger partial charge in [0.15, 0.2) is 0 Å². The van der Waals surface area contributed by atoms with Gasteiger partial charge in [-0.05, 0) is 30.6 Å². The van der Waals surface area contributed by atoms with E-state index >= 15 is 0 Å². The quantitative estimate of drug-likeness (QED) is 0.305. The number of nitro groups is 1. The molecule has 0 aromatic rings. The molecule has 0 spiro atoms. The summed E-state index contributed by atoms with van der Waals surface area (Å²) in [7, 11) is 4.83. The minimum absolute atomic E-state index is 0.230. The molecular formula is C7H12ClHgNO2. The van der Waals surface area contributed by atoms with Crippen LogP contribution in [0.15, 0.2) is 0 Å². The molecule has 66 valence electrons. The van der Waals surface area contributed by atoms with E-state index in [1.807, 2.05) is 0 Å². The third-order valence-corrected chi connectivity index (χ3v) is 2.17. The normalized spacial score (nSPS) is 20.7. The van der Waals surface area contributed by atoms with Gasteiger partial charge < -0.3 is 0 Å². The van der Waals surface area contributed by atoms with Gasteiger partial charge in [0, 0.05) is 0 Å². The Balaban J connectivity index is 0.000000561. The van der Waals surface area contributed by atoms with Gasteiger partial charge in [-0.3, -0.25) is 17.0 Å². The molecule has 0 saturated heterocycles. The number of hydrogen-bond donors (Lipinski definition) is 0. The fourth-order valence-electron chi connectivity index (χ4n) is 1.39. The van der Waals surface area contributed by atoms with Crippen molar-refractivity contribution in [2.24, 2.45) is 0 Å². The molecule has 0 aromatic carbocycles. The standard InChI is InChI=1S/C7H12NO2.ClH.Hg/c1-7(8(9)10)5-3-2-4-6-7;;/h1-6H2;1H;/q-1;;+2/p-1. The summed E-state index contributed by atoms with van der Waals surface area (Å²) in [6, 6.07) is 0. The second-order valence-corrected chi connectivity index (χ2v) is 3.04. The first-order valence-electron chi connectivity index (χ1n) is 3.92. The third kappa shape index (κ3) is 3.56. The molecule has 0 amide bonds. The molecule has 0 bridgehead atoms. The van der Waals surface area contributed by atoms with Crippen LogP contribution in [0.25, 0.3) is 0 Å². The van der Waals surface area contributed by atoms with Crippen LogP contribution >= 0.6 is 8.25 Å². The number of halogens is 1. The Morgan fingerprint density at radius 2 is 1.75 bits per heavy atom. The van der Waals surface area contributed by atoms with E-state index < -0.39 is 5.54 Å². The Morgan fingerprint density at radius 3 is 2.00 bits per heavy atom. The molecule has 1 saturated carbocycles. The molecule has 1 aliphatic rings. The van der Waals surface area contributed by atoms with Crippen LogP contribution in [0.3, 0.4) is 0 Å². The fourth-order valence-corrected chi connectivity index (χ4v) is 1.39. The zero-order valence-corrected chi connectivity index (χ0v) is 13.3. The predicted molar refractivity (Wildman–Crippen MR) is 44.0 cm³/mol. The fraction of sp³-hybridized carbons (Fsp3) is 0.857. The number of hydrogen-bond acceptors (Lipinski definition) is 2. The van der Waals surface area contributed by atoms with Crippen LogP contribution in [0.2, 0.25) is 0 Å². The van der Waals surface area contributed by atoms with Crippen LogP contribution in [0, 0.1) is 17.0 Å². The summed E-state index contributed by atoms with van der Waals surface area (Å²) >= 11 is 0.500. The van der Waals surface area contributed by atoms with Crippen LogP contribution in [0.1, 0.15) is 32.1 Å². The molecule has 1 rings (SSSR count). The molecular weight excluding hydrogens is 366 g/mol. The van der Waals surface area contributed by atoms with Crippen molar-refractivity contribution < 1.29 is 29.8 Å². The van der Waals surface area contributed by atoms with E-state index in [-0.39, 0.29) is 4.92 Å². The average Bonchev–Trinajstić information content (AvgIpc) is 2.09. The van der Waals surface area contributed by atoms with E-state index in [0.29, 0.717) is 37.7 Å². The van der Waals surface area contributed by atoms with Gasteiger partial charge in [0.05, 0.1) is 0 Å². The molecule has 0 unspecified atom stereocenters. The minimum atomic E-state index is -0.849. The van der Waals surface area contributed by atoms with Crippen molar-refractivity contribution in [2.75, 3.05) is 0 Å². The van der Waals surface area contributed by atoms with Crippen LogP contribution < -0.4 is 0 Å². The summed E-state index contributed by atoms with van der Waals surface area (Å²) in [5, 5.41) is 10.4. The van der Waals surface area contributed by atoms with Crippen molar-refractivity contribution in [1.82, 2.24) is 0 Å². The maximum absolute atomic E-state index is 10.4. The second-order valence-electron chi connectivity index (χ2n) is 3.04. The topological polar surface area (TPSA) is 43.1 Å². The van der Waals surface area contributed by atoms with Gasteiger partial charge in [-0.25, -0.2) is 0 Å². The van der Waals surface area contributed by atoms with Crippen LogP contribution in [0.5, 0.6) is 0 Å². The Hall–Kier alpha value is 0.625. The Kier molecular flexibility index (Phi) is 6.46. The second kappa shape index (κ2) is 6.14. The Bertz CT molecular complexity index is 148. The molecule has 3 nitrogen and oxygen atoms in total. The van der Waals surface area contributed by atoms with Crippen LogP contribution in [-0.2, 0) is 24.9 Å². The van der Waals surface area contributed by atoms with E-state index in [2.05, 4.69) is 6.92 Å². The molecule has 0 radical (unpaired) electrons. The molecule has 0 aromatic heterocycles. The van der Waals surface area contributed by atoms with Crippen LogP contribution in [0.4, 0.5) is 0 Å². The molecule has 0 atom stereocenters. The van der Waals surface area contributed by atoms with E-state index in [1.165, 1.54) is 0 Å². The summed E-state index contributed by atoms with van der Waals surface area (Å²) in [6.45, 7) is 3.63. The molecule has 1 aliphatic carbocycles. The van der Waals surface area contributed by atoms with Crippen molar-refractivity contribution in [2.45, 2.75) is 37.6 Å². The van der Waals surface area contributed by atoms with E-state index in [4.69, 9.17) is 8.25 Å². The summed E-state index contributed by atoms with van der Waals surface area (Å²) in [5.41, 5.74) is -0.849. The summed E-state index contributed by atoms with van der Waals surface area (Å²) < 4.78 is 0. The summed E-state index contributed by atoms with van der Waals surface area (Å²) in [6.07, 6.45) is 4.36. The van der Waals surface area contributed by atoms with Crippen molar-refractivity contribution in [3.05, 3.63) is 17.0 Å². The van der Waals surface area contributed by atoms with Crippen molar-refractivity contribution >= 4 is 8.25 Å². The molecule has 1 fully saturated rings. The summed E-state index contributed by atoms with van der Waals surface area (Å²) in [4.78, 5) is 10.2. The molecule has 0 N–H and O–H groups in total. The SMILES string of the molecule is [CH2-]C1([N+](=O)[O-])CCCCC1.[Cl][Hg+]. The van der Waals surface area contributed by atoms with Gasteiger partial charge in [-0.2, -0.15) is 0 Å². The van der Waals surface area contributed by atoms with Gasteiger partial charge in [0.2, 0.25) is 0 Å². The van der Waals surface area contributed by atoms with Gasteiger partial charge in [-0.15, -0.1) is 0 Å². The Morgan fingerprint density at radius 1 is 1.33 bits per heavy atom. The molecule has 12 heavy (non-hydrogen) atoms. The predicted octanol–water partition coefficient (Wildman–Crippen LogP) is 2.49. The first-order valence-corrected chi connectivity index (χ1v) is 10.7. The zero-order valence-electron chi connectivity index (χ0n) is 7.09. The first-order chi connectivity index (χ1) is 5.65. The average molecular weight is 378 g/mol. The monoisotopic (exact) mass is 379 g/mol. The Labute approximate surface area is 92.4 Å².